The topological polar surface area (TPSA) is 105 Å². The SMILES string of the molecule is O=C(OCc1cc(-c2cc(-c3cccc(Cl)c3-c3cc(COC(=O)C4CCCC4)on3)ccc2Cl)no1)C1CCCC1. The summed E-state index contributed by atoms with van der Waals surface area (Å²) in [4.78, 5) is 24.6. The van der Waals surface area contributed by atoms with Crippen molar-refractivity contribution in [3.63, 3.8) is 0 Å². The number of rotatable bonds is 9. The van der Waals surface area contributed by atoms with Gasteiger partial charge in [-0.15, -0.1) is 0 Å². The molecule has 2 aliphatic rings. The maximum absolute atomic E-state index is 12.3. The molecule has 0 amide bonds. The monoisotopic (exact) mass is 608 g/mol. The van der Waals surface area contributed by atoms with Crippen molar-refractivity contribution in [3.05, 3.63) is 70.1 Å². The first-order valence-electron chi connectivity index (χ1n) is 14.3. The van der Waals surface area contributed by atoms with Crippen molar-refractivity contribution in [1.82, 2.24) is 10.3 Å². The molecule has 8 nitrogen and oxygen atoms in total. The highest BCUT2D eigenvalue weighted by Gasteiger charge is 2.26. The van der Waals surface area contributed by atoms with Crippen LogP contribution < -0.4 is 0 Å². The Balaban J connectivity index is 1.21. The largest absolute Gasteiger partial charge is 0.457 e. The summed E-state index contributed by atoms with van der Waals surface area (Å²) in [6.45, 7) is 0.0280. The summed E-state index contributed by atoms with van der Waals surface area (Å²) in [7, 11) is 0. The first-order chi connectivity index (χ1) is 20.5. The molecular formula is C32H30Cl2N2O6. The number of benzene rings is 2. The van der Waals surface area contributed by atoms with Gasteiger partial charge >= 0.3 is 11.9 Å². The van der Waals surface area contributed by atoms with E-state index in [1.807, 2.05) is 24.3 Å². The maximum atomic E-state index is 12.3. The van der Waals surface area contributed by atoms with Crippen molar-refractivity contribution in [2.45, 2.75) is 64.6 Å². The molecule has 2 aromatic carbocycles. The molecule has 42 heavy (non-hydrogen) atoms. The lowest BCUT2D eigenvalue weighted by Gasteiger charge is -2.11. The molecule has 0 aliphatic heterocycles. The fraction of sp³-hybridized carbons (Fsp3) is 0.375. The Kier molecular flexibility index (Phi) is 8.63. The third-order valence-electron chi connectivity index (χ3n) is 8.03. The predicted molar refractivity (Wildman–Crippen MR) is 156 cm³/mol. The molecule has 0 N–H and O–H groups in total. The third-order valence-corrected chi connectivity index (χ3v) is 8.68. The van der Waals surface area contributed by atoms with Crippen molar-refractivity contribution in [2.75, 3.05) is 0 Å². The van der Waals surface area contributed by atoms with E-state index in [1.54, 1.807) is 24.3 Å². The molecule has 0 atom stereocenters. The van der Waals surface area contributed by atoms with E-state index in [0.717, 1.165) is 62.5 Å². The van der Waals surface area contributed by atoms with Crippen molar-refractivity contribution < 1.29 is 28.1 Å². The van der Waals surface area contributed by atoms with Gasteiger partial charge in [-0.05, 0) is 55.0 Å². The zero-order valence-electron chi connectivity index (χ0n) is 22.9. The van der Waals surface area contributed by atoms with E-state index in [2.05, 4.69) is 10.3 Å². The molecule has 2 aromatic heterocycles. The Hall–Kier alpha value is -3.62. The summed E-state index contributed by atoms with van der Waals surface area (Å²) in [6, 6.07) is 14.6. The molecule has 2 aliphatic carbocycles. The highest BCUT2D eigenvalue weighted by molar-refractivity contribution is 6.34. The van der Waals surface area contributed by atoms with Crippen LogP contribution in [0.25, 0.3) is 33.6 Å². The molecule has 2 heterocycles. The van der Waals surface area contributed by atoms with E-state index in [9.17, 15) is 9.59 Å². The third kappa shape index (κ3) is 6.25. The molecule has 218 valence electrons. The number of hydrogen-bond donors (Lipinski definition) is 0. The van der Waals surface area contributed by atoms with Crippen LogP contribution in [0.3, 0.4) is 0 Å². The van der Waals surface area contributed by atoms with E-state index < -0.39 is 0 Å². The van der Waals surface area contributed by atoms with Gasteiger partial charge in [0.2, 0.25) is 0 Å². The molecule has 0 spiro atoms. The summed E-state index contributed by atoms with van der Waals surface area (Å²) in [5.41, 5.74) is 3.98. The van der Waals surface area contributed by atoms with Gasteiger partial charge in [0.15, 0.2) is 24.7 Å². The van der Waals surface area contributed by atoms with Gasteiger partial charge in [0.1, 0.15) is 11.4 Å². The van der Waals surface area contributed by atoms with Gasteiger partial charge in [0, 0.05) is 23.3 Å². The highest BCUT2D eigenvalue weighted by atomic mass is 35.5. The first kappa shape index (κ1) is 28.5. The normalized spacial score (nSPS) is 15.8. The second kappa shape index (κ2) is 12.7. The number of aromatic nitrogens is 2. The van der Waals surface area contributed by atoms with Crippen LogP contribution in [0.15, 0.2) is 57.6 Å². The Morgan fingerprint density at radius 2 is 1.29 bits per heavy atom. The number of halogens is 2. The van der Waals surface area contributed by atoms with Crippen LogP contribution in [-0.2, 0) is 32.3 Å². The number of carbonyl (C=O) groups excluding carboxylic acids is 2. The standard InChI is InChI=1S/C32H30Cl2N2O6/c33-26-13-12-21(14-25(26)28-15-22(41-35-28)17-39-31(37)19-6-1-2-7-19)24-10-5-11-27(34)30(24)29-16-23(42-36-29)18-40-32(38)20-8-3-4-9-20/h5,10-16,19-20H,1-4,6-9,17-18H2. The average molecular weight is 610 g/mol. The van der Waals surface area contributed by atoms with Gasteiger partial charge in [-0.1, -0.05) is 77.4 Å². The summed E-state index contributed by atoms with van der Waals surface area (Å²) in [5.74, 6) is 0.419. The molecular weight excluding hydrogens is 579 g/mol. The van der Waals surface area contributed by atoms with Crippen LogP contribution in [0.5, 0.6) is 0 Å². The quantitative estimate of drug-likeness (QED) is 0.174. The predicted octanol–water partition coefficient (Wildman–Crippen LogP) is 8.44. The number of nitrogens with zero attached hydrogens (tertiary/aromatic N) is 2. The van der Waals surface area contributed by atoms with Gasteiger partial charge in [0.05, 0.1) is 21.9 Å². The Bertz CT molecular complexity index is 1580. The number of carbonyl (C=O) groups is 2. The van der Waals surface area contributed by atoms with E-state index in [1.165, 1.54) is 0 Å². The van der Waals surface area contributed by atoms with Gasteiger partial charge in [-0.25, -0.2) is 0 Å². The molecule has 0 radical (unpaired) electrons. The van der Waals surface area contributed by atoms with Gasteiger partial charge in [-0.2, -0.15) is 0 Å². The molecule has 2 fully saturated rings. The molecule has 10 heteroatoms. The van der Waals surface area contributed by atoms with E-state index >= 15 is 0 Å². The molecule has 0 bridgehead atoms. The lowest BCUT2D eigenvalue weighted by atomic mass is 9.95. The van der Waals surface area contributed by atoms with E-state index in [-0.39, 0.29) is 37.0 Å². The van der Waals surface area contributed by atoms with Crippen LogP contribution >= 0.6 is 23.2 Å². The van der Waals surface area contributed by atoms with E-state index in [4.69, 9.17) is 41.7 Å². The number of ether oxygens (including phenoxy) is 2. The summed E-state index contributed by atoms with van der Waals surface area (Å²) < 4.78 is 21.9. The van der Waals surface area contributed by atoms with E-state index in [0.29, 0.717) is 44.1 Å². The average Bonchev–Trinajstić information content (AvgIpc) is 3.82. The lowest BCUT2D eigenvalue weighted by molar-refractivity contribution is -0.151. The zero-order chi connectivity index (χ0) is 29.1. The van der Waals surface area contributed by atoms with Gasteiger partial charge in [-0.3, -0.25) is 9.59 Å². The fourth-order valence-electron chi connectivity index (χ4n) is 5.76. The van der Waals surface area contributed by atoms with Gasteiger partial charge in [0.25, 0.3) is 0 Å². The molecule has 2 saturated carbocycles. The van der Waals surface area contributed by atoms with Crippen molar-refractivity contribution in [2.24, 2.45) is 11.8 Å². The second-order valence-corrected chi connectivity index (χ2v) is 11.7. The van der Waals surface area contributed by atoms with Crippen LogP contribution in [0.4, 0.5) is 0 Å². The number of hydrogen-bond acceptors (Lipinski definition) is 8. The second-order valence-electron chi connectivity index (χ2n) is 10.9. The minimum atomic E-state index is -0.194. The lowest BCUT2D eigenvalue weighted by Crippen LogP contribution is -2.14. The smallest absolute Gasteiger partial charge is 0.309 e. The Morgan fingerprint density at radius 1 is 0.714 bits per heavy atom. The minimum absolute atomic E-state index is 0.0116. The van der Waals surface area contributed by atoms with Crippen molar-refractivity contribution in [1.29, 1.82) is 0 Å². The highest BCUT2D eigenvalue weighted by Crippen LogP contribution is 2.40. The van der Waals surface area contributed by atoms with Crippen LogP contribution in [0.1, 0.15) is 62.9 Å². The summed E-state index contributed by atoms with van der Waals surface area (Å²) >= 11 is 13.3. The summed E-state index contributed by atoms with van der Waals surface area (Å²) in [6.07, 6.45) is 7.72. The number of esters is 2. The van der Waals surface area contributed by atoms with Gasteiger partial charge < -0.3 is 18.5 Å². The Morgan fingerprint density at radius 3 is 1.90 bits per heavy atom. The molecule has 0 saturated heterocycles. The van der Waals surface area contributed by atoms with Crippen LogP contribution in [0.2, 0.25) is 10.0 Å². The van der Waals surface area contributed by atoms with Crippen molar-refractivity contribution in [3.8, 4) is 33.6 Å². The Labute approximate surface area is 253 Å². The minimum Gasteiger partial charge on any atom is -0.457 e. The molecule has 4 aromatic rings. The summed E-state index contributed by atoms with van der Waals surface area (Å²) in [5, 5.41) is 9.37. The van der Waals surface area contributed by atoms with Crippen LogP contribution in [0, 0.1) is 11.8 Å². The molecule has 0 unspecified atom stereocenters. The fourth-order valence-corrected chi connectivity index (χ4v) is 6.25. The molecule has 6 rings (SSSR count). The van der Waals surface area contributed by atoms with Crippen molar-refractivity contribution >= 4 is 35.1 Å². The maximum Gasteiger partial charge on any atom is 0.309 e. The zero-order valence-corrected chi connectivity index (χ0v) is 24.5. The van der Waals surface area contributed by atoms with Crippen LogP contribution in [-0.4, -0.2) is 22.3 Å². The first-order valence-corrected chi connectivity index (χ1v) is 15.1.